The molecule has 0 amide bonds. The molecule has 0 bridgehead atoms. The van der Waals surface area contributed by atoms with E-state index in [2.05, 4.69) is 0 Å². The zero-order valence-corrected chi connectivity index (χ0v) is 11.6. The van der Waals surface area contributed by atoms with Crippen molar-refractivity contribution < 1.29 is 9.53 Å². The summed E-state index contributed by atoms with van der Waals surface area (Å²) in [5.41, 5.74) is 7.79. The third kappa shape index (κ3) is 2.80. The highest BCUT2D eigenvalue weighted by molar-refractivity contribution is 6.30. The fraction of sp³-hybridized carbons (Fsp3) is 0.267. The molecule has 1 heterocycles. The molecule has 1 aromatic heterocycles. The van der Waals surface area contributed by atoms with Gasteiger partial charge in [-0.25, -0.2) is 4.79 Å². The number of ether oxygens (including phenoxy) is 1. The molecule has 2 aromatic rings. The van der Waals surface area contributed by atoms with Gasteiger partial charge in [-0.05, 0) is 36.6 Å². The molecule has 20 heavy (non-hydrogen) atoms. The fourth-order valence-electron chi connectivity index (χ4n) is 2.12. The van der Waals surface area contributed by atoms with Crippen molar-refractivity contribution in [2.24, 2.45) is 0 Å². The minimum Gasteiger partial charge on any atom is -0.456 e. The Morgan fingerprint density at radius 2 is 2.05 bits per heavy atom. The quantitative estimate of drug-likeness (QED) is 0.878. The van der Waals surface area contributed by atoms with E-state index in [1.807, 2.05) is 16.7 Å². The lowest BCUT2D eigenvalue weighted by Gasteiger charge is -2.08. The molecular formula is C15H15ClN2O2. The van der Waals surface area contributed by atoms with Crippen LogP contribution < -0.4 is 5.73 Å². The molecule has 1 saturated carbocycles. The third-order valence-corrected chi connectivity index (χ3v) is 3.55. The van der Waals surface area contributed by atoms with E-state index in [9.17, 15) is 4.79 Å². The van der Waals surface area contributed by atoms with Crippen molar-refractivity contribution in [2.45, 2.75) is 25.5 Å². The zero-order chi connectivity index (χ0) is 14.1. The van der Waals surface area contributed by atoms with E-state index in [1.165, 1.54) is 0 Å². The Morgan fingerprint density at radius 1 is 1.35 bits per heavy atom. The first-order valence-corrected chi connectivity index (χ1v) is 6.90. The Bertz CT molecular complexity index is 630. The average Bonchev–Trinajstić information content (AvgIpc) is 3.20. The maximum Gasteiger partial charge on any atom is 0.355 e. The van der Waals surface area contributed by atoms with Crippen LogP contribution in [0, 0.1) is 0 Å². The molecule has 2 N–H and O–H groups in total. The number of hydrogen-bond donors (Lipinski definition) is 1. The smallest absolute Gasteiger partial charge is 0.355 e. The topological polar surface area (TPSA) is 57.3 Å². The third-order valence-electron chi connectivity index (χ3n) is 3.30. The van der Waals surface area contributed by atoms with E-state index < -0.39 is 0 Å². The van der Waals surface area contributed by atoms with Crippen LogP contribution in [-0.4, -0.2) is 10.5 Å². The molecule has 0 atom stereocenters. The molecular weight excluding hydrogens is 276 g/mol. The van der Waals surface area contributed by atoms with Gasteiger partial charge in [-0.3, -0.25) is 0 Å². The SMILES string of the molecule is Nc1cc(C(=O)OCc2ccc(Cl)cc2)n(C2CC2)c1. The summed E-state index contributed by atoms with van der Waals surface area (Å²) in [5.74, 6) is -0.344. The molecule has 1 aliphatic carbocycles. The molecule has 0 saturated heterocycles. The Morgan fingerprint density at radius 3 is 2.70 bits per heavy atom. The number of benzene rings is 1. The number of carbonyl (C=O) groups is 1. The summed E-state index contributed by atoms with van der Waals surface area (Å²) >= 11 is 5.81. The van der Waals surface area contributed by atoms with Crippen molar-refractivity contribution in [1.82, 2.24) is 4.57 Å². The predicted octanol–water partition coefficient (Wildman–Crippen LogP) is 3.42. The number of aromatic nitrogens is 1. The standard InChI is InChI=1S/C15H15ClN2O2/c16-11-3-1-10(2-4-11)9-20-15(19)14-7-12(17)8-18(14)13-5-6-13/h1-4,7-8,13H,5-6,9,17H2. The number of carbonyl (C=O) groups excluding carboxylic acids is 1. The van der Waals surface area contributed by atoms with Gasteiger partial charge in [0.1, 0.15) is 12.3 Å². The minimum atomic E-state index is -0.344. The van der Waals surface area contributed by atoms with Crippen LogP contribution in [0.5, 0.6) is 0 Å². The first kappa shape index (κ1) is 13.1. The summed E-state index contributed by atoms with van der Waals surface area (Å²) in [6, 6.07) is 9.28. The maximum atomic E-state index is 12.1. The molecule has 0 radical (unpaired) electrons. The first-order valence-electron chi connectivity index (χ1n) is 6.52. The van der Waals surface area contributed by atoms with Gasteiger partial charge in [0.15, 0.2) is 0 Å². The van der Waals surface area contributed by atoms with Gasteiger partial charge in [0.05, 0.1) is 5.69 Å². The largest absolute Gasteiger partial charge is 0.456 e. The summed E-state index contributed by atoms with van der Waals surface area (Å²) in [7, 11) is 0. The van der Waals surface area contributed by atoms with Crippen molar-refractivity contribution in [3.05, 3.63) is 52.8 Å². The van der Waals surface area contributed by atoms with E-state index in [1.54, 1.807) is 24.4 Å². The normalized spacial score (nSPS) is 14.2. The number of nitrogens with zero attached hydrogens (tertiary/aromatic N) is 1. The van der Waals surface area contributed by atoms with E-state index in [-0.39, 0.29) is 12.6 Å². The second-order valence-electron chi connectivity index (χ2n) is 5.00. The van der Waals surface area contributed by atoms with Crippen LogP contribution in [0.25, 0.3) is 0 Å². The van der Waals surface area contributed by atoms with Crippen LogP contribution in [0.4, 0.5) is 5.69 Å². The number of esters is 1. The highest BCUT2D eigenvalue weighted by Crippen LogP contribution is 2.37. The molecule has 4 nitrogen and oxygen atoms in total. The number of hydrogen-bond acceptors (Lipinski definition) is 3. The van der Waals surface area contributed by atoms with Gasteiger partial charge >= 0.3 is 5.97 Å². The Hall–Kier alpha value is -1.94. The molecule has 0 unspecified atom stereocenters. The van der Waals surface area contributed by atoms with Crippen LogP contribution in [0.15, 0.2) is 36.5 Å². The molecule has 3 rings (SSSR count). The van der Waals surface area contributed by atoms with Crippen molar-refractivity contribution in [3.63, 3.8) is 0 Å². The van der Waals surface area contributed by atoms with Crippen LogP contribution in [0.1, 0.15) is 34.9 Å². The van der Waals surface area contributed by atoms with E-state index >= 15 is 0 Å². The van der Waals surface area contributed by atoms with Crippen LogP contribution in [0.3, 0.4) is 0 Å². The lowest BCUT2D eigenvalue weighted by molar-refractivity contribution is 0.0460. The second-order valence-corrected chi connectivity index (χ2v) is 5.44. The summed E-state index contributed by atoms with van der Waals surface area (Å²) in [5, 5.41) is 0.662. The van der Waals surface area contributed by atoms with Crippen molar-refractivity contribution in [2.75, 3.05) is 5.73 Å². The van der Waals surface area contributed by atoms with Crippen molar-refractivity contribution >= 4 is 23.3 Å². The van der Waals surface area contributed by atoms with Gasteiger partial charge in [0, 0.05) is 17.3 Å². The Balaban J connectivity index is 1.68. The molecule has 0 spiro atoms. The Kier molecular flexibility index (Phi) is 3.40. The van der Waals surface area contributed by atoms with Crippen LogP contribution >= 0.6 is 11.6 Å². The number of nitrogens with two attached hydrogens (primary N) is 1. The maximum absolute atomic E-state index is 12.1. The summed E-state index contributed by atoms with van der Waals surface area (Å²) in [6.07, 6.45) is 3.98. The molecule has 0 aliphatic heterocycles. The van der Waals surface area contributed by atoms with Crippen LogP contribution in [-0.2, 0) is 11.3 Å². The van der Waals surface area contributed by atoms with Gasteiger partial charge in [-0.2, -0.15) is 0 Å². The van der Waals surface area contributed by atoms with Crippen molar-refractivity contribution in [1.29, 1.82) is 0 Å². The van der Waals surface area contributed by atoms with E-state index in [4.69, 9.17) is 22.1 Å². The lowest BCUT2D eigenvalue weighted by atomic mass is 10.2. The molecule has 1 fully saturated rings. The lowest BCUT2D eigenvalue weighted by Crippen LogP contribution is -2.11. The summed E-state index contributed by atoms with van der Waals surface area (Å²) < 4.78 is 7.24. The number of anilines is 1. The molecule has 1 aliphatic rings. The Labute approximate surface area is 122 Å². The van der Waals surface area contributed by atoms with Gasteiger partial charge in [-0.1, -0.05) is 23.7 Å². The van der Waals surface area contributed by atoms with Crippen LogP contribution in [0.2, 0.25) is 5.02 Å². The van der Waals surface area contributed by atoms with Gasteiger partial charge in [0.2, 0.25) is 0 Å². The van der Waals surface area contributed by atoms with Gasteiger partial charge in [-0.15, -0.1) is 0 Å². The number of nitrogen functional groups attached to an aromatic ring is 1. The minimum absolute atomic E-state index is 0.228. The summed E-state index contributed by atoms with van der Waals surface area (Å²) in [4.78, 5) is 12.1. The van der Waals surface area contributed by atoms with E-state index in [0.29, 0.717) is 22.4 Å². The monoisotopic (exact) mass is 290 g/mol. The predicted molar refractivity (Wildman–Crippen MR) is 77.7 cm³/mol. The second kappa shape index (κ2) is 5.21. The first-order chi connectivity index (χ1) is 9.63. The van der Waals surface area contributed by atoms with E-state index in [0.717, 1.165) is 18.4 Å². The molecule has 1 aromatic carbocycles. The zero-order valence-electron chi connectivity index (χ0n) is 10.9. The highest BCUT2D eigenvalue weighted by Gasteiger charge is 2.28. The highest BCUT2D eigenvalue weighted by atomic mass is 35.5. The fourth-order valence-corrected chi connectivity index (χ4v) is 2.25. The summed E-state index contributed by atoms with van der Waals surface area (Å²) in [6.45, 7) is 0.228. The number of halogens is 1. The number of rotatable bonds is 4. The average molecular weight is 291 g/mol. The molecule has 5 heteroatoms. The van der Waals surface area contributed by atoms with Crippen molar-refractivity contribution in [3.8, 4) is 0 Å². The van der Waals surface area contributed by atoms with Gasteiger partial charge in [0.25, 0.3) is 0 Å². The van der Waals surface area contributed by atoms with Gasteiger partial charge < -0.3 is 15.0 Å². The molecule has 104 valence electrons.